The summed E-state index contributed by atoms with van der Waals surface area (Å²) in [4.78, 5) is 4.16. The number of rotatable bonds is 3. The molecule has 2 heterocycles. The summed E-state index contributed by atoms with van der Waals surface area (Å²) < 4.78 is 31.5. The van der Waals surface area contributed by atoms with Crippen molar-refractivity contribution in [2.45, 2.75) is 19.3 Å². The summed E-state index contributed by atoms with van der Waals surface area (Å²) in [5.74, 6) is 0.0206. The maximum atomic E-state index is 12.4. The molecule has 1 aromatic carbocycles. The van der Waals surface area contributed by atoms with E-state index in [0.717, 1.165) is 19.3 Å². The number of hydrogen-bond donors (Lipinski definition) is 0. The monoisotopic (exact) mass is 360 g/mol. The molecule has 1 fully saturated rings. The van der Waals surface area contributed by atoms with Gasteiger partial charge in [0.25, 0.3) is 0 Å². The number of halogens is 2. The first-order valence-corrected chi connectivity index (χ1v) is 9.03. The van der Waals surface area contributed by atoms with Crippen LogP contribution in [0.1, 0.15) is 19.3 Å². The van der Waals surface area contributed by atoms with E-state index in [1.54, 1.807) is 12.1 Å². The molecule has 1 aromatic heterocycles. The molecule has 0 bridgehead atoms. The summed E-state index contributed by atoms with van der Waals surface area (Å²) in [7, 11) is -3.90. The van der Waals surface area contributed by atoms with Gasteiger partial charge in [0.05, 0.1) is 10.0 Å². The van der Waals surface area contributed by atoms with E-state index in [9.17, 15) is 8.42 Å². The number of aromatic nitrogens is 1. The van der Waals surface area contributed by atoms with Crippen LogP contribution in [0.2, 0.25) is 10.0 Å². The molecule has 0 radical (unpaired) electrons. The fourth-order valence-corrected chi connectivity index (χ4v) is 4.26. The Balaban J connectivity index is 2.03. The zero-order chi connectivity index (χ0) is 15.7. The lowest BCUT2D eigenvalue weighted by Crippen LogP contribution is -2.38. The van der Waals surface area contributed by atoms with E-state index in [1.807, 2.05) is 0 Å². The van der Waals surface area contributed by atoms with Gasteiger partial charge in [-0.05, 0) is 31.0 Å². The van der Waals surface area contributed by atoms with Gasteiger partial charge < -0.3 is 4.18 Å². The second kappa shape index (κ2) is 6.20. The van der Waals surface area contributed by atoms with Crippen LogP contribution in [0.4, 0.5) is 0 Å². The van der Waals surface area contributed by atoms with Gasteiger partial charge in [-0.2, -0.15) is 12.7 Å². The van der Waals surface area contributed by atoms with Crippen molar-refractivity contribution in [3.8, 4) is 5.75 Å². The molecule has 0 N–H and O–H groups in total. The second-order valence-corrected chi connectivity index (χ2v) is 7.42. The Hall–Kier alpha value is -1.08. The normalized spacial score (nSPS) is 16.8. The van der Waals surface area contributed by atoms with E-state index in [4.69, 9.17) is 27.4 Å². The summed E-state index contributed by atoms with van der Waals surface area (Å²) in [5, 5.41) is 1.12. The number of hydrogen-bond acceptors (Lipinski definition) is 4. The molecule has 8 heteroatoms. The molecular formula is C14H14Cl2N2O3S. The van der Waals surface area contributed by atoms with Crippen LogP contribution >= 0.6 is 23.2 Å². The lowest BCUT2D eigenvalue weighted by atomic mass is 10.2. The van der Waals surface area contributed by atoms with Gasteiger partial charge in [0.1, 0.15) is 5.52 Å². The van der Waals surface area contributed by atoms with Crippen molar-refractivity contribution < 1.29 is 12.6 Å². The van der Waals surface area contributed by atoms with Crippen LogP contribution in [0.25, 0.3) is 10.9 Å². The number of piperidine rings is 1. The van der Waals surface area contributed by atoms with Crippen molar-refractivity contribution in [3.05, 3.63) is 34.4 Å². The molecule has 2 aromatic rings. The minimum Gasteiger partial charge on any atom is -0.367 e. The Morgan fingerprint density at radius 2 is 1.86 bits per heavy atom. The van der Waals surface area contributed by atoms with Crippen molar-refractivity contribution >= 4 is 44.4 Å². The van der Waals surface area contributed by atoms with E-state index in [2.05, 4.69) is 4.98 Å². The van der Waals surface area contributed by atoms with Gasteiger partial charge >= 0.3 is 10.3 Å². The average molecular weight is 361 g/mol. The van der Waals surface area contributed by atoms with E-state index in [-0.39, 0.29) is 10.8 Å². The van der Waals surface area contributed by atoms with Crippen molar-refractivity contribution in [3.63, 3.8) is 0 Å². The summed E-state index contributed by atoms with van der Waals surface area (Å²) in [6, 6.07) is 4.92. The molecule has 5 nitrogen and oxygen atoms in total. The minimum absolute atomic E-state index is 0.0206. The van der Waals surface area contributed by atoms with Crippen molar-refractivity contribution in [2.75, 3.05) is 13.1 Å². The van der Waals surface area contributed by atoms with Crippen molar-refractivity contribution in [1.82, 2.24) is 9.29 Å². The molecule has 22 heavy (non-hydrogen) atoms. The third kappa shape index (κ3) is 3.01. The maximum Gasteiger partial charge on any atom is 0.385 e. The van der Waals surface area contributed by atoms with Crippen LogP contribution in [0, 0.1) is 0 Å². The number of fused-ring (bicyclic) bond motifs is 1. The zero-order valence-electron chi connectivity index (χ0n) is 11.6. The SMILES string of the molecule is O=S(=O)(Oc1c(Cl)cc(Cl)c2cccnc12)N1CCCCC1. The lowest BCUT2D eigenvalue weighted by Gasteiger charge is -2.25. The standard InChI is InChI=1S/C14H14Cl2N2O3S/c15-11-9-12(16)14(13-10(11)5-4-6-17-13)21-22(19,20)18-7-2-1-3-8-18/h4-6,9H,1-3,7-8H2. The molecule has 0 spiro atoms. The van der Waals surface area contributed by atoms with Crippen LogP contribution in [0.5, 0.6) is 5.75 Å². The topological polar surface area (TPSA) is 59.5 Å². The van der Waals surface area contributed by atoms with Gasteiger partial charge in [0.15, 0.2) is 5.75 Å². The predicted molar refractivity (Wildman–Crippen MR) is 86.7 cm³/mol. The molecule has 0 aliphatic carbocycles. The third-order valence-electron chi connectivity index (χ3n) is 3.57. The predicted octanol–water partition coefficient (Wildman–Crippen LogP) is 3.65. The van der Waals surface area contributed by atoms with Gasteiger partial charge in [-0.15, -0.1) is 0 Å². The van der Waals surface area contributed by atoms with E-state index >= 15 is 0 Å². The summed E-state index contributed by atoms with van der Waals surface area (Å²) in [6.45, 7) is 0.914. The molecule has 1 aliphatic rings. The van der Waals surface area contributed by atoms with Crippen LogP contribution < -0.4 is 4.18 Å². The highest BCUT2D eigenvalue weighted by Gasteiger charge is 2.28. The number of nitrogens with zero attached hydrogens (tertiary/aromatic N) is 2. The smallest absolute Gasteiger partial charge is 0.367 e. The Bertz CT molecular complexity index is 805. The van der Waals surface area contributed by atoms with Crippen LogP contribution in [-0.4, -0.2) is 30.8 Å². The second-order valence-electron chi connectivity index (χ2n) is 5.07. The Labute approximate surface area is 139 Å². The largest absolute Gasteiger partial charge is 0.385 e. The van der Waals surface area contributed by atoms with Crippen LogP contribution in [0.3, 0.4) is 0 Å². The van der Waals surface area contributed by atoms with Gasteiger partial charge in [-0.3, -0.25) is 4.98 Å². The Kier molecular flexibility index (Phi) is 4.45. The summed E-state index contributed by atoms with van der Waals surface area (Å²) >= 11 is 12.2. The van der Waals surface area contributed by atoms with E-state index in [1.165, 1.54) is 16.6 Å². The summed E-state index contributed by atoms with van der Waals surface area (Å²) in [5.41, 5.74) is 0.334. The molecule has 0 unspecified atom stereocenters. The van der Waals surface area contributed by atoms with Gasteiger partial charge in [-0.1, -0.05) is 29.6 Å². The van der Waals surface area contributed by atoms with Gasteiger partial charge in [-0.25, -0.2) is 0 Å². The molecule has 0 amide bonds. The van der Waals surface area contributed by atoms with Crippen LogP contribution in [0.15, 0.2) is 24.4 Å². The highest BCUT2D eigenvalue weighted by Crippen LogP contribution is 2.38. The Morgan fingerprint density at radius 1 is 1.14 bits per heavy atom. The van der Waals surface area contributed by atoms with E-state index < -0.39 is 10.3 Å². The molecule has 1 aliphatic heterocycles. The minimum atomic E-state index is -3.90. The highest BCUT2D eigenvalue weighted by atomic mass is 35.5. The molecular weight excluding hydrogens is 347 g/mol. The molecule has 0 atom stereocenters. The first-order chi connectivity index (χ1) is 10.5. The van der Waals surface area contributed by atoms with E-state index in [0.29, 0.717) is 29.0 Å². The number of benzene rings is 1. The summed E-state index contributed by atoms with van der Waals surface area (Å²) in [6.07, 6.45) is 4.22. The lowest BCUT2D eigenvalue weighted by molar-refractivity contribution is 0.312. The fraction of sp³-hybridized carbons (Fsp3) is 0.357. The van der Waals surface area contributed by atoms with Gasteiger partial charge in [0.2, 0.25) is 0 Å². The molecule has 3 rings (SSSR count). The van der Waals surface area contributed by atoms with Gasteiger partial charge in [0, 0.05) is 24.7 Å². The molecule has 1 saturated heterocycles. The first-order valence-electron chi connectivity index (χ1n) is 6.91. The highest BCUT2D eigenvalue weighted by molar-refractivity contribution is 7.84. The zero-order valence-corrected chi connectivity index (χ0v) is 14.0. The number of pyridine rings is 1. The van der Waals surface area contributed by atoms with Crippen molar-refractivity contribution in [1.29, 1.82) is 0 Å². The van der Waals surface area contributed by atoms with Crippen molar-refractivity contribution in [2.24, 2.45) is 0 Å². The molecule has 0 saturated carbocycles. The van der Waals surface area contributed by atoms with Crippen LogP contribution in [-0.2, 0) is 10.3 Å². The molecule has 118 valence electrons. The Morgan fingerprint density at radius 3 is 2.59 bits per heavy atom. The first kappa shape index (κ1) is 15.8. The quantitative estimate of drug-likeness (QED) is 0.837. The third-order valence-corrected chi connectivity index (χ3v) is 5.54. The average Bonchev–Trinajstić information content (AvgIpc) is 2.52. The maximum absolute atomic E-state index is 12.4. The fourth-order valence-electron chi connectivity index (χ4n) is 2.47.